The molecule has 12 heteroatoms. The van der Waals surface area contributed by atoms with Crippen molar-refractivity contribution < 1.29 is 23.4 Å². The van der Waals surface area contributed by atoms with Gasteiger partial charge in [-0.3, -0.25) is 4.79 Å². The summed E-state index contributed by atoms with van der Waals surface area (Å²) < 4.78 is 37.4. The Morgan fingerprint density at radius 3 is 2.65 bits per heavy atom. The number of aromatic nitrogens is 3. The number of benzene rings is 3. The molecule has 2 saturated heterocycles. The van der Waals surface area contributed by atoms with E-state index in [4.69, 9.17) is 9.72 Å². The molecule has 2 fully saturated rings. The van der Waals surface area contributed by atoms with E-state index in [0.717, 1.165) is 36.2 Å². The van der Waals surface area contributed by atoms with Crippen LogP contribution in [-0.4, -0.2) is 88.2 Å². The van der Waals surface area contributed by atoms with Gasteiger partial charge in [-0.15, -0.1) is 11.3 Å². The first-order chi connectivity index (χ1) is 22.4. The van der Waals surface area contributed by atoms with Gasteiger partial charge < -0.3 is 24.5 Å². The van der Waals surface area contributed by atoms with Crippen molar-refractivity contribution in [1.29, 1.82) is 0 Å². The molecule has 2 aliphatic heterocycles. The van der Waals surface area contributed by atoms with Crippen molar-refractivity contribution in [2.75, 3.05) is 51.3 Å². The molecular formula is C34H32F2N6O3S. The lowest BCUT2D eigenvalue weighted by Crippen LogP contribution is -2.49. The van der Waals surface area contributed by atoms with Crippen molar-refractivity contribution in [1.82, 2.24) is 24.8 Å². The van der Waals surface area contributed by atoms with Crippen LogP contribution >= 0.6 is 11.3 Å². The summed E-state index contributed by atoms with van der Waals surface area (Å²) in [5.74, 6) is -1.59. The zero-order valence-electron chi connectivity index (χ0n) is 25.2. The van der Waals surface area contributed by atoms with Gasteiger partial charge in [-0.05, 0) is 61.0 Å². The summed E-state index contributed by atoms with van der Waals surface area (Å²) in [7, 11) is 2.05. The second kappa shape index (κ2) is 12.6. The Kier molecular flexibility index (Phi) is 8.22. The van der Waals surface area contributed by atoms with Gasteiger partial charge in [0.25, 0.3) is 5.91 Å². The molecule has 236 valence electrons. The van der Waals surface area contributed by atoms with Gasteiger partial charge >= 0.3 is 6.01 Å². The number of piperazine rings is 1. The minimum Gasteiger partial charge on any atom is -0.508 e. The van der Waals surface area contributed by atoms with Crippen LogP contribution in [0.25, 0.3) is 38.9 Å². The maximum atomic E-state index is 16.6. The third kappa shape index (κ3) is 5.85. The number of carbonyl (C=O) groups is 1. The van der Waals surface area contributed by atoms with E-state index in [1.54, 1.807) is 35.8 Å². The van der Waals surface area contributed by atoms with Crippen LogP contribution < -0.4 is 9.64 Å². The van der Waals surface area contributed by atoms with E-state index >= 15 is 4.39 Å². The molecule has 0 radical (unpaired) electrons. The van der Waals surface area contributed by atoms with E-state index in [9.17, 15) is 14.3 Å². The normalized spacial score (nSPS) is 17.7. The summed E-state index contributed by atoms with van der Waals surface area (Å²) in [6.07, 6.45) is 4.77. The summed E-state index contributed by atoms with van der Waals surface area (Å²) in [6.45, 7) is 2.56. The molecule has 0 saturated carbocycles. The van der Waals surface area contributed by atoms with Gasteiger partial charge in [-0.1, -0.05) is 30.3 Å². The molecule has 3 aromatic carbocycles. The number of aromatic hydroxyl groups is 1. The molecule has 1 N–H and O–H groups in total. The molecule has 5 aromatic rings. The van der Waals surface area contributed by atoms with Crippen molar-refractivity contribution in [2.24, 2.45) is 0 Å². The molecule has 2 aliphatic rings. The lowest BCUT2D eigenvalue weighted by molar-refractivity contribution is -0.128. The number of anilines is 1. The maximum absolute atomic E-state index is 16.6. The lowest BCUT2D eigenvalue weighted by atomic mass is 9.96. The van der Waals surface area contributed by atoms with Crippen LogP contribution in [0.1, 0.15) is 17.8 Å². The number of ether oxygens (including phenoxy) is 1. The zero-order chi connectivity index (χ0) is 31.8. The van der Waals surface area contributed by atoms with Crippen molar-refractivity contribution in [3.63, 3.8) is 0 Å². The molecule has 4 heterocycles. The summed E-state index contributed by atoms with van der Waals surface area (Å²) >= 11 is 1.25. The predicted molar refractivity (Wildman–Crippen MR) is 175 cm³/mol. The number of likely N-dealkylation sites (N-methyl/N-ethyl adjacent to an activating group) is 1. The number of phenols is 1. The third-order valence-corrected chi connectivity index (χ3v) is 9.47. The first kappa shape index (κ1) is 30.0. The molecular weight excluding hydrogens is 610 g/mol. The fraction of sp³-hybridized carbons (Fsp3) is 0.294. The van der Waals surface area contributed by atoms with Crippen LogP contribution in [0.2, 0.25) is 0 Å². The SMILES string of the molecule is CN1CCC[C@H]1COc1nc(N2CCN(C(=O)/C(F)=C/c3nccs3)CC2)c2ccc(-c3cc(O)cc4ccccc34)c(F)c2n1. The van der Waals surface area contributed by atoms with Gasteiger partial charge in [-0.25, -0.2) is 13.8 Å². The van der Waals surface area contributed by atoms with E-state index < -0.39 is 17.6 Å². The van der Waals surface area contributed by atoms with E-state index in [0.29, 0.717) is 47.0 Å². The number of nitrogens with zero attached hydrogens (tertiary/aromatic N) is 6. The maximum Gasteiger partial charge on any atom is 0.319 e. The number of halogens is 2. The predicted octanol–water partition coefficient (Wildman–Crippen LogP) is 5.88. The molecule has 7 rings (SSSR count). The first-order valence-electron chi connectivity index (χ1n) is 15.2. The number of likely N-dealkylation sites (tertiary alicyclic amines) is 1. The Morgan fingerprint density at radius 1 is 1.07 bits per heavy atom. The highest BCUT2D eigenvalue weighted by atomic mass is 32.1. The fourth-order valence-corrected chi connectivity index (χ4v) is 6.82. The van der Waals surface area contributed by atoms with E-state index in [1.165, 1.54) is 16.2 Å². The zero-order valence-corrected chi connectivity index (χ0v) is 26.0. The highest BCUT2D eigenvalue weighted by Gasteiger charge is 2.28. The van der Waals surface area contributed by atoms with Gasteiger partial charge in [0, 0.05) is 60.8 Å². The molecule has 9 nitrogen and oxygen atoms in total. The second-order valence-corrected chi connectivity index (χ2v) is 12.5. The number of carbonyl (C=O) groups excluding carboxylic acids is 1. The molecule has 46 heavy (non-hydrogen) atoms. The Balaban J connectivity index is 1.23. The van der Waals surface area contributed by atoms with Gasteiger partial charge in [0.2, 0.25) is 0 Å². The Morgan fingerprint density at radius 2 is 1.89 bits per heavy atom. The van der Waals surface area contributed by atoms with E-state index in [2.05, 4.69) is 21.9 Å². The van der Waals surface area contributed by atoms with Crippen LogP contribution in [0.3, 0.4) is 0 Å². The van der Waals surface area contributed by atoms with Crippen molar-refractivity contribution >= 4 is 50.8 Å². The molecule has 1 amide bonds. The molecule has 0 aliphatic carbocycles. The minimum absolute atomic E-state index is 0.0339. The van der Waals surface area contributed by atoms with E-state index in [-0.39, 0.29) is 36.4 Å². The summed E-state index contributed by atoms with van der Waals surface area (Å²) in [5, 5.41) is 14.7. The quantitative estimate of drug-likeness (QED) is 0.220. The second-order valence-electron chi connectivity index (χ2n) is 11.6. The number of hydrogen-bond donors (Lipinski definition) is 1. The Bertz CT molecular complexity index is 1950. The first-order valence-corrected chi connectivity index (χ1v) is 16.1. The Labute approximate surface area is 268 Å². The number of amides is 1. The highest BCUT2D eigenvalue weighted by Crippen LogP contribution is 2.38. The number of hydrogen-bond acceptors (Lipinski definition) is 9. The monoisotopic (exact) mass is 642 g/mol. The van der Waals surface area contributed by atoms with Crippen molar-refractivity contribution in [2.45, 2.75) is 18.9 Å². The fourth-order valence-electron chi connectivity index (χ4n) is 6.27. The Hall–Kier alpha value is -4.68. The molecule has 0 spiro atoms. The van der Waals surface area contributed by atoms with Gasteiger partial charge in [0.05, 0.1) is 0 Å². The average Bonchev–Trinajstić information content (AvgIpc) is 3.74. The van der Waals surface area contributed by atoms with Gasteiger partial charge in [0.1, 0.15) is 28.7 Å². The van der Waals surface area contributed by atoms with E-state index in [1.807, 2.05) is 29.2 Å². The topological polar surface area (TPSA) is 94.9 Å². The summed E-state index contributed by atoms with van der Waals surface area (Å²) in [5.41, 5.74) is 0.939. The average molecular weight is 643 g/mol. The molecule has 0 bridgehead atoms. The molecule has 1 atom stereocenters. The standard InChI is InChI=1S/C34H32F2N6O3S/c1-40-11-4-6-22(40)20-45-34-38-31-26(9-8-25(30(31)36)27-18-23(43)17-21-5-2-3-7-24(21)27)32(39-34)41-12-14-42(15-13-41)33(44)28(35)19-29-37-10-16-46-29/h2-3,5,7-10,16-19,22,43H,4,6,11-15,20H2,1H3/b28-19-/t22-/m0/s1. The molecule has 2 aromatic heterocycles. The van der Waals surface area contributed by atoms with Crippen LogP contribution in [0.4, 0.5) is 14.6 Å². The van der Waals surface area contributed by atoms with Crippen LogP contribution in [0.5, 0.6) is 11.8 Å². The highest BCUT2D eigenvalue weighted by molar-refractivity contribution is 7.10. The number of phenolic OH excluding ortho intramolecular Hbond substituents is 1. The minimum atomic E-state index is -0.863. The van der Waals surface area contributed by atoms with Gasteiger partial charge in [-0.2, -0.15) is 9.97 Å². The third-order valence-electron chi connectivity index (χ3n) is 8.75. The smallest absolute Gasteiger partial charge is 0.319 e. The van der Waals surface area contributed by atoms with Crippen molar-refractivity contribution in [3.05, 3.63) is 76.8 Å². The van der Waals surface area contributed by atoms with Crippen LogP contribution in [0.15, 0.2) is 65.9 Å². The number of fused-ring (bicyclic) bond motifs is 2. The van der Waals surface area contributed by atoms with Crippen LogP contribution in [0, 0.1) is 5.82 Å². The summed E-state index contributed by atoms with van der Waals surface area (Å²) in [4.78, 5) is 31.8. The lowest BCUT2D eigenvalue weighted by Gasteiger charge is -2.35. The number of rotatable bonds is 7. The summed E-state index contributed by atoms with van der Waals surface area (Å²) in [6, 6.07) is 14.4. The molecule has 0 unspecified atom stereocenters. The van der Waals surface area contributed by atoms with Crippen molar-refractivity contribution in [3.8, 4) is 22.9 Å². The largest absolute Gasteiger partial charge is 0.508 e. The van der Waals surface area contributed by atoms with Crippen LogP contribution in [-0.2, 0) is 4.79 Å². The van der Waals surface area contributed by atoms with Gasteiger partial charge in [0.15, 0.2) is 11.6 Å². The number of thiazole rings is 1.